The van der Waals surface area contributed by atoms with Crippen molar-refractivity contribution >= 4 is 27.7 Å². The first-order valence-corrected chi connectivity index (χ1v) is 9.94. The second-order valence-corrected chi connectivity index (χ2v) is 7.32. The number of benzene rings is 2. The molecule has 6 heteroatoms. The van der Waals surface area contributed by atoms with E-state index in [1.54, 1.807) is 12.1 Å². The van der Waals surface area contributed by atoms with Crippen LogP contribution in [0.4, 0.5) is 0 Å². The van der Waals surface area contributed by atoms with Crippen LogP contribution in [0.25, 0.3) is 0 Å². The van der Waals surface area contributed by atoms with Gasteiger partial charge in [-0.1, -0.05) is 22.0 Å². The molecule has 27 heavy (non-hydrogen) atoms. The molecule has 0 atom stereocenters. The van der Waals surface area contributed by atoms with E-state index in [2.05, 4.69) is 15.9 Å². The first-order chi connectivity index (χ1) is 13.1. The lowest BCUT2D eigenvalue weighted by molar-refractivity contribution is 0.0718. The molecule has 2 aromatic carbocycles. The van der Waals surface area contributed by atoms with Gasteiger partial charge < -0.3 is 14.5 Å². The van der Waals surface area contributed by atoms with Crippen LogP contribution in [0.3, 0.4) is 0 Å². The second-order valence-electron chi connectivity index (χ2n) is 6.41. The Hall–Kier alpha value is -2.34. The van der Waals surface area contributed by atoms with Crippen molar-refractivity contribution in [2.24, 2.45) is 0 Å². The highest BCUT2D eigenvalue weighted by molar-refractivity contribution is 9.10. The molecule has 0 saturated carbocycles. The minimum atomic E-state index is -0.00481. The van der Waals surface area contributed by atoms with Crippen molar-refractivity contribution in [1.29, 1.82) is 0 Å². The number of carbonyl (C=O) groups is 2. The summed E-state index contributed by atoms with van der Waals surface area (Å²) in [6.45, 7) is 4.89. The quantitative estimate of drug-likeness (QED) is 0.740. The van der Waals surface area contributed by atoms with Crippen LogP contribution in [0.5, 0.6) is 5.75 Å². The van der Waals surface area contributed by atoms with Crippen LogP contribution in [-0.2, 0) is 0 Å². The Kier molecular flexibility index (Phi) is 6.50. The van der Waals surface area contributed by atoms with Gasteiger partial charge in [0.25, 0.3) is 11.8 Å². The van der Waals surface area contributed by atoms with Crippen LogP contribution in [0.1, 0.15) is 34.1 Å². The summed E-state index contributed by atoms with van der Waals surface area (Å²) in [6, 6.07) is 14.6. The van der Waals surface area contributed by atoms with E-state index < -0.39 is 0 Å². The molecule has 0 bridgehead atoms. The minimum Gasteiger partial charge on any atom is -0.494 e. The zero-order valence-electron chi connectivity index (χ0n) is 15.4. The van der Waals surface area contributed by atoms with Crippen molar-refractivity contribution in [3.63, 3.8) is 0 Å². The summed E-state index contributed by atoms with van der Waals surface area (Å²) in [6.07, 6.45) is 0.766. The lowest BCUT2D eigenvalue weighted by Gasteiger charge is -2.22. The summed E-state index contributed by atoms with van der Waals surface area (Å²) in [5.74, 6) is 0.761. The van der Waals surface area contributed by atoms with Crippen LogP contribution >= 0.6 is 15.9 Å². The van der Waals surface area contributed by atoms with Crippen LogP contribution in [0.15, 0.2) is 53.0 Å². The Morgan fingerprint density at radius 1 is 0.926 bits per heavy atom. The third kappa shape index (κ3) is 4.89. The van der Waals surface area contributed by atoms with Gasteiger partial charge in [-0.3, -0.25) is 9.59 Å². The molecule has 1 heterocycles. The van der Waals surface area contributed by atoms with E-state index in [-0.39, 0.29) is 11.8 Å². The predicted octanol–water partition coefficient (Wildman–Crippen LogP) is 3.84. The van der Waals surface area contributed by atoms with Crippen molar-refractivity contribution in [3.8, 4) is 5.75 Å². The first-order valence-electron chi connectivity index (χ1n) is 9.15. The molecule has 3 rings (SSSR count). The number of rotatable bonds is 4. The Morgan fingerprint density at radius 2 is 1.56 bits per heavy atom. The van der Waals surface area contributed by atoms with Gasteiger partial charge in [0.1, 0.15) is 5.75 Å². The summed E-state index contributed by atoms with van der Waals surface area (Å²) < 4.78 is 6.31. The number of hydrogen-bond acceptors (Lipinski definition) is 3. The first kappa shape index (κ1) is 19.4. The monoisotopic (exact) mass is 430 g/mol. The Balaban J connectivity index is 1.63. The maximum absolute atomic E-state index is 12.8. The molecule has 0 spiro atoms. The molecule has 0 radical (unpaired) electrons. The molecule has 142 valence electrons. The van der Waals surface area contributed by atoms with E-state index in [0.29, 0.717) is 43.9 Å². The summed E-state index contributed by atoms with van der Waals surface area (Å²) in [5, 5.41) is 0. The van der Waals surface area contributed by atoms with Gasteiger partial charge in [-0.15, -0.1) is 0 Å². The summed E-state index contributed by atoms with van der Waals surface area (Å²) in [7, 11) is 0. The van der Waals surface area contributed by atoms with Gasteiger partial charge in [0.15, 0.2) is 0 Å². The molecule has 1 aliphatic heterocycles. The van der Waals surface area contributed by atoms with E-state index >= 15 is 0 Å². The summed E-state index contributed by atoms with van der Waals surface area (Å²) in [4.78, 5) is 29.2. The zero-order chi connectivity index (χ0) is 19.2. The topological polar surface area (TPSA) is 49.9 Å². The maximum Gasteiger partial charge on any atom is 0.253 e. The normalized spacial score (nSPS) is 14.6. The zero-order valence-corrected chi connectivity index (χ0v) is 16.9. The molecule has 0 N–H and O–H groups in total. The molecule has 5 nitrogen and oxygen atoms in total. The highest BCUT2D eigenvalue weighted by Crippen LogP contribution is 2.17. The Labute approximate surface area is 168 Å². The predicted molar refractivity (Wildman–Crippen MR) is 108 cm³/mol. The highest BCUT2D eigenvalue weighted by Gasteiger charge is 2.23. The average molecular weight is 431 g/mol. The van der Waals surface area contributed by atoms with Gasteiger partial charge in [0.05, 0.1) is 6.61 Å². The van der Waals surface area contributed by atoms with E-state index in [4.69, 9.17) is 4.74 Å². The molecular formula is C21H23BrN2O3. The van der Waals surface area contributed by atoms with Crippen molar-refractivity contribution in [2.75, 3.05) is 32.8 Å². The van der Waals surface area contributed by atoms with Gasteiger partial charge >= 0.3 is 0 Å². The van der Waals surface area contributed by atoms with Gasteiger partial charge in [0.2, 0.25) is 0 Å². The third-order valence-electron chi connectivity index (χ3n) is 4.55. The van der Waals surface area contributed by atoms with Gasteiger partial charge in [-0.05, 0) is 55.8 Å². The molecule has 1 saturated heterocycles. The van der Waals surface area contributed by atoms with E-state index in [1.165, 1.54) is 0 Å². The van der Waals surface area contributed by atoms with Crippen molar-refractivity contribution in [3.05, 3.63) is 64.1 Å². The van der Waals surface area contributed by atoms with Crippen molar-refractivity contribution in [2.45, 2.75) is 13.3 Å². The molecular weight excluding hydrogens is 408 g/mol. The van der Waals surface area contributed by atoms with Crippen LogP contribution in [0, 0.1) is 0 Å². The fraction of sp³-hybridized carbons (Fsp3) is 0.333. The molecule has 0 aliphatic carbocycles. The third-order valence-corrected chi connectivity index (χ3v) is 5.05. The maximum atomic E-state index is 12.8. The second kappa shape index (κ2) is 9.04. The SMILES string of the molecule is CCOc1ccc(C(=O)N2CCCN(C(=O)c3cccc(Br)c3)CC2)cc1. The number of amides is 2. The summed E-state index contributed by atoms with van der Waals surface area (Å²) in [5.41, 5.74) is 1.31. The number of nitrogens with zero attached hydrogens (tertiary/aromatic N) is 2. The lowest BCUT2D eigenvalue weighted by Crippen LogP contribution is -2.37. The lowest BCUT2D eigenvalue weighted by atomic mass is 10.2. The molecule has 0 unspecified atom stereocenters. The minimum absolute atomic E-state index is 0.00481. The number of carbonyl (C=O) groups excluding carboxylic acids is 2. The van der Waals surface area contributed by atoms with E-state index in [0.717, 1.165) is 16.6 Å². The van der Waals surface area contributed by atoms with Crippen LogP contribution in [-0.4, -0.2) is 54.4 Å². The number of ether oxygens (including phenoxy) is 1. The number of halogens is 1. The van der Waals surface area contributed by atoms with Crippen LogP contribution < -0.4 is 4.74 Å². The summed E-state index contributed by atoms with van der Waals surface area (Å²) >= 11 is 3.41. The largest absolute Gasteiger partial charge is 0.494 e. The number of hydrogen-bond donors (Lipinski definition) is 0. The smallest absolute Gasteiger partial charge is 0.253 e. The van der Waals surface area contributed by atoms with Crippen LogP contribution in [0.2, 0.25) is 0 Å². The molecule has 2 aromatic rings. The average Bonchev–Trinajstić information content (AvgIpc) is 2.94. The molecule has 2 amide bonds. The van der Waals surface area contributed by atoms with E-state index in [1.807, 2.05) is 53.1 Å². The van der Waals surface area contributed by atoms with Gasteiger partial charge in [0, 0.05) is 41.8 Å². The van der Waals surface area contributed by atoms with E-state index in [9.17, 15) is 9.59 Å². The Morgan fingerprint density at radius 3 is 2.15 bits per heavy atom. The molecule has 1 aliphatic rings. The molecule has 1 fully saturated rings. The van der Waals surface area contributed by atoms with Crippen molar-refractivity contribution < 1.29 is 14.3 Å². The van der Waals surface area contributed by atoms with Gasteiger partial charge in [-0.2, -0.15) is 0 Å². The van der Waals surface area contributed by atoms with Gasteiger partial charge in [-0.25, -0.2) is 0 Å². The Bertz CT molecular complexity index is 807. The highest BCUT2D eigenvalue weighted by atomic mass is 79.9. The fourth-order valence-corrected chi connectivity index (χ4v) is 3.57. The standard InChI is InChI=1S/C21H23BrN2O3/c1-2-27-19-9-7-16(8-10-19)20(25)23-11-4-12-24(14-13-23)21(26)17-5-3-6-18(22)15-17/h3,5-10,15H,2,4,11-14H2,1H3. The fourth-order valence-electron chi connectivity index (χ4n) is 3.17. The molecule has 0 aromatic heterocycles. The van der Waals surface area contributed by atoms with Crippen molar-refractivity contribution in [1.82, 2.24) is 9.80 Å².